The van der Waals surface area contributed by atoms with Crippen molar-refractivity contribution in [2.24, 2.45) is 0 Å². The van der Waals surface area contributed by atoms with E-state index >= 15 is 0 Å². The van der Waals surface area contributed by atoms with E-state index in [0.717, 1.165) is 72.7 Å². The van der Waals surface area contributed by atoms with Crippen LogP contribution in [0.4, 0.5) is 0 Å². The molecule has 0 atom stereocenters. The lowest BCUT2D eigenvalue weighted by atomic mass is 10.0. The molecule has 0 radical (unpaired) electrons. The number of benzene rings is 2. The van der Waals surface area contributed by atoms with Crippen molar-refractivity contribution in [3.05, 3.63) is 75.1 Å². The summed E-state index contributed by atoms with van der Waals surface area (Å²) >= 11 is 0. The van der Waals surface area contributed by atoms with E-state index in [1.165, 1.54) is 10.5 Å². The summed E-state index contributed by atoms with van der Waals surface area (Å²) in [6, 6.07) is 14.3. The molecule has 2 heterocycles. The third-order valence-electron chi connectivity index (χ3n) is 6.24. The van der Waals surface area contributed by atoms with Crippen molar-refractivity contribution < 1.29 is 19.0 Å². The van der Waals surface area contributed by atoms with E-state index in [4.69, 9.17) is 9.15 Å². The molecule has 1 aromatic heterocycles. The van der Waals surface area contributed by atoms with Gasteiger partial charge in [-0.05, 0) is 49.2 Å². The van der Waals surface area contributed by atoms with Gasteiger partial charge in [-0.2, -0.15) is 0 Å². The number of aryl methyl sites for hydroxylation is 2. The van der Waals surface area contributed by atoms with Gasteiger partial charge in [-0.25, -0.2) is 4.79 Å². The Morgan fingerprint density at radius 2 is 1.59 bits per heavy atom. The van der Waals surface area contributed by atoms with Gasteiger partial charge in [0, 0.05) is 22.6 Å². The molecule has 1 aliphatic rings. The van der Waals surface area contributed by atoms with Crippen molar-refractivity contribution >= 4 is 11.0 Å². The Balaban J connectivity index is 1.42. The molecule has 1 saturated heterocycles. The fourth-order valence-corrected chi connectivity index (χ4v) is 4.28. The molecule has 0 aliphatic carbocycles. The molecule has 0 unspecified atom stereocenters. The predicted molar refractivity (Wildman–Crippen MR) is 114 cm³/mol. The molecule has 0 bridgehead atoms. The number of hydrogen-bond acceptors (Lipinski definition) is 3. The molecule has 0 amide bonds. The fourth-order valence-electron chi connectivity index (χ4n) is 4.28. The molecule has 2 N–H and O–H groups in total. The number of quaternary nitrogens is 2. The zero-order chi connectivity index (χ0) is 20.4. The third-order valence-corrected chi connectivity index (χ3v) is 6.24. The molecule has 29 heavy (non-hydrogen) atoms. The Morgan fingerprint density at radius 1 is 0.931 bits per heavy atom. The monoisotopic (exact) mass is 394 g/mol. The van der Waals surface area contributed by atoms with Crippen LogP contribution in [0, 0.1) is 13.8 Å². The summed E-state index contributed by atoms with van der Waals surface area (Å²) in [7, 11) is 1.70. The standard InChI is InChI=1S/C24H28N2O3/c1-17-4-9-22-20(14-23(27)29-24(22)18(17)2)16-26-12-10-25(11-13-26)15-19-5-7-21(28-3)8-6-19/h4-9,14H,10-13,15-16H2,1-3H3/p+2. The lowest BCUT2D eigenvalue weighted by molar-refractivity contribution is -1.02. The maximum Gasteiger partial charge on any atom is 0.336 e. The Kier molecular flexibility index (Phi) is 5.69. The second-order valence-electron chi connectivity index (χ2n) is 8.18. The van der Waals surface area contributed by atoms with Gasteiger partial charge < -0.3 is 19.0 Å². The summed E-state index contributed by atoms with van der Waals surface area (Å²) in [6.07, 6.45) is 0. The van der Waals surface area contributed by atoms with Crippen molar-refractivity contribution in [3.63, 3.8) is 0 Å². The highest BCUT2D eigenvalue weighted by molar-refractivity contribution is 5.83. The molecular formula is C24H30N2O3+2. The molecule has 152 valence electrons. The minimum Gasteiger partial charge on any atom is -0.497 e. The first-order valence-corrected chi connectivity index (χ1v) is 10.4. The lowest BCUT2D eigenvalue weighted by Gasteiger charge is -2.30. The van der Waals surface area contributed by atoms with Gasteiger partial charge in [-0.1, -0.05) is 12.1 Å². The summed E-state index contributed by atoms with van der Waals surface area (Å²) in [5.41, 5.74) is 5.17. The first-order valence-electron chi connectivity index (χ1n) is 10.4. The SMILES string of the molecule is COc1ccc(C[NH+]2CC[NH+](Cc3cc(=O)oc4c(C)c(C)ccc34)CC2)cc1. The highest BCUT2D eigenvalue weighted by Crippen LogP contribution is 2.22. The van der Waals surface area contributed by atoms with Gasteiger partial charge in [0.15, 0.2) is 0 Å². The molecule has 4 rings (SSSR count). The van der Waals surface area contributed by atoms with Gasteiger partial charge in [0.2, 0.25) is 0 Å². The van der Waals surface area contributed by atoms with Crippen LogP contribution in [0.3, 0.4) is 0 Å². The van der Waals surface area contributed by atoms with Crippen LogP contribution in [0.25, 0.3) is 11.0 Å². The smallest absolute Gasteiger partial charge is 0.336 e. The van der Waals surface area contributed by atoms with E-state index in [1.807, 2.05) is 19.1 Å². The van der Waals surface area contributed by atoms with Crippen LogP contribution in [-0.2, 0) is 13.1 Å². The Bertz CT molecular complexity index is 1050. The van der Waals surface area contributed by atoms with Crippen LogP contribution >= 0.6 is 0 Å². The number of hydrogen-bond donors (Lipinski definition) is 2. The maximum atomic E-state index is 12.1. The van der Waals surface area contributed by atoms with Gasteiger partial charge in [0.25, 0.3) is 0 Å². The van der Waals surface area contributed by atoms with E-state index in [-0.39, 0.29) is 5.63 Å². The molecule has 2 aromatic carbocycles. The average molecular weight is 395 g/mol. The Morgan fingerprint density at radius 3 is 2.24 bits per heavy atom. The van der Waals surface area contributed by atoms with E-state index in [0.29, 0.717) is 0 Å². The van der Waals surface area contributed by atoms with Gasteiger partial charge in [0.05, 0.1) is 7.11 Å². The zero-order valence-electron chi connectivity index (χ0n) is 17.5. The van der Waals surface area contributed by atoms with Crippen LogP contribution < -0.4 is 20.2 Å². The third kappa shape index (κ3) is 4.36. The summed E-state index contributed by atoms with van der Waals surface area (Å²) in [5, 5.41) is 1.08. The molecule has 1 aliphatic heterocycles. The molecule has 3 aromatic rings. The quantitative estimate of drug-likeness (QED) is 0.633. The number of fused-ring (bicyclic) bond motifs is 1. The van der Waals surface area contributed by atoms with Crippen LogP contribution in [-0.4, -0.2) is 33.3 Å². The molecule has 5 heteroatoms. The van der Waals surface area contributed by atoms with Gasteiger partial charge in [0.1, 0.15) is 50.6 Å². The van der Waals surface area contributed by atoms with Crippen molar-refractivity contribution in [1.82, 2.24) is 0 Å². The molecular weight excluding hydrogens is 364 g/mol. The van der Waals surface area contributed by atoms with Crippen LogP contribution in [0.15, 0.2) is 51.7 Å². The van der Waals surface area contributed by atoms with Crippen LogP contribution in [0.5, 0.6) is 5.75 Å². The first kappa shape index (κ1) is 19.7. The van der Waals surface area contributed by atoms with Crippen molar-refractivity contribution in [1.29, 1.82) is 0 Å². The fraction of sp³-hybridized carbons (Fsp3) is 0.375. The van der Waals surface area contributed by atoms with Crippen molar-refractivity contribution in [3.8, 4) is 5.75 Å². The number of ether oxygens (including phenoxy) is 1. The summed E-state index contributed by atoms with van der Waals surface area (Å²) in [4.78, 5) is 15.3. The van der Waals surface area contributed by atoms with Crippen molar-refractivity contribution in [2.75, 3.05) is 33.3 Å². The average Bonchev–Trinajstić information content (AvgIpc) is 2.73. The number of piperazine rings is 1. The molecule has 0 spiro atoms. The van der Waals surface area contributed by atoms with Crippen molar-refractivity contribution in [2.45, 2.75) is 26.9 Å². The molecule has 5 nitrogen and oxygen atoms in total. The summed E-state index contributed by atoms with van der Waals surface area (Å²) in [5.74, 6) is 0.906. The number of rotatable bonds is 5. The second-order valence-corrected chi connectivity index (χ2v) is 8.18. The lowest BCUT2D eigenvalue weighted by Crippen LogP contribution is -3.27. The minimum absolute atomic E-state index is 0.246. The highest BCUT2D eigenvalue weighted by atomic mass is 16.5. The number of nitrogens with one attached hydrogen (secondary N) is 2. The van der Waals surface area contributed by atoms with E-state index < -0.39 is 0 Å². The van der Waals surface area contributed by atoms with Crippen LogP contribution in [0.1, 0.15) is 22.3 Å². The molecule has 0 saturated carbocycles. The van der Waals surface area contributed by atoms with E-state index in [1.54, 1.807) is 18.1 Å². The van der Waals surface area contributed by atoms with E-state index in [2.05, 4.69) is 31.2 Å². The predicted octanol–water partition coefficient (Wildman–Crippen LogP) is 0.902. The first-order chi connectivity index (χ1) is 14.0. The van der Waals surface area contributed by atoms with Crippen LogP contribution in [0.2, 0.25) is 0 Å². The van der Waals surface area contributed by atoms with Gasteiger partial charge >= 0.3 is 5.63 Å². The van der Waals surface area contributed by atoms with Gasteiger partial charge in [-0.15, -0.1) is 0 Å². The largest absolute Gasteiger partial charge is 0.497 e. The zero-order valence-corrected chi connectivity index (χ0v) is 17.5. The normalized spacial score (nSPS) is 19.4. The van der Waals surface area contributed by atoms with E-state index in [9.17, 15) is 4.79 Å². The Labute approximate surface area is 171 Å². The summed E-state index contributed by atoms with van der Waals surface area (Å²) < 4.78 is 10.8. The summed E-state index contributed by atoms with van der Waals surface area (Å²) in [6.45, 7) is 10.5. The topological polar surface area (TPSA) is 48.3 Å². The number of methoxy groups -OCH3 is 1. The minimum atomic E-state index is -0.246. The molecule has 1 fully saturated rings. The van der Waals surface area contributed by atoms with Gasteiger partial charge in [-0.3, -0.25) is 0 Å². The Hall–Kier alpha value is -2.63. The highest BCUT2D eigenvalue weighted by Gasteiger charge is 2.24. The second kappa shape index (κ2) is 8.39. The maximum absolute atomic E-state index is 12.1.